The van der Waals surface area contributed by atoms with Gasteiger partial charge in [-0.15, -0.1) is 0 Å². The van der Waals surface area contributed by atoms with Crippen molar-refractivity contribution in [2.45, 2.75) is 32.6 Å². The molecule has 0 bridgehead atoms. The summed E-state index contributed by atoms with van der Waals surface area (Å²) in [4.78, 5) is 6.73. The monoisotopic (exact) mass is 221 g/mol. The van der Waals surface area contributed by atoms with Crippen molar-refractivity contribution in [1.29, 1.82) is 0 Å². The van der Waals surface area contributed by atoms with Crippen LogP contribution >= 0.6 is 0 Å². The van der Waals surface area contributed by atoms with Crippen molar-refractivity contribution in [3.63, 3.8) is 0 Å². The first-order valence-electron chi connectivity index (χ1n) is 5.69. The maximum atomic E-state index is 5.32. The molecule has 1 aliphatic rings. The number of likely N-dealkylation sites (N-methyl/N-ethyl adjacent to an activating group) is 1. The maximum absolute atomic E-state index is 5.32. The van der Waals surface area contributed by atoms with E-state index in [1.165, 1.54) is 0 Å². The Balaban J connectivity index is 2.22. The smallest absolute Gasteiger partial charge is 0.254 e. The fourth-order valence-electron chi connectivity index (χ4n) is 1.71. The van der Waals surface area contributed by atoms with E-state index in [0.717, 1.165) is 30.9 Å². The van der Waals surface area contributed by atoms with E-state index in [9.17, 15) is 0 Å². The van der Waals surface area contributed by atoms with E-state index in [1.54, 1.807) is 0 Å². The molecule has 0 amide bonds. The van der Waals surface area contributed by atoms with Crippen molar-refractivity contribution in [3.8, 4) is 0 Å². The molecule has 0 saturated carbocycles. The van der Waals surface area contributed by atoms with Crippen LogP contribution in [0, 0.1) is 0 Å². The molecule has 1 aromatic rings. The zero-order valence-electron chi connectivity index (χ0n) is 10.4. The van der Waals surface area contributed by atoms with Gasteiger partial charge >= 0.3 is 0 Å². The molecule has 0 aliphatic carbocycles. The number of hydrogen-bond acceptors (Lipinski definition) is 4. The first kappa shape index (κ1) is 11.3. The standard InChI is InChI=1S/C12H19N3O/c1-12(2,3)11-13-10(16-14-11)9-6-5-7-15(4)8-9/h6H,5,7-8H2,1-4H3. The average molecular weight is 221 g/mol. The Bertz CT molecular complexity index is 401. The highest BCUT2D eigenvalue weighted by Gasteiger charge is 2.23. The highest BCUT2D eigenvalue weighted by Crippen LogP contribution is 2.23. The molecule has 0 aromatic carbocycles. The van der Waals surface area contributed by atoms with Gasteiger partial charge in [0.15, 0.2) is 5.82 Å². The van der Waals surface area contributed by atoms with Crippen LogP contribution in [0.4, 0.5) is 0 Å². The highest BCUT2D eigenvalue weighted by molar-refractivity contribution is 5.60. The molecule has 4 heteroatoms. The van der Waals surface area contributed by atoms with E-state index in [1.807, 2.05) is 0 Å². The first-order chi connectivity index (χ1) is 7.47. The first-order valence-corrected chi connectivity index (χ1v) is 5.69. The molecule has 2 heterocycles. The van der Waals surface area contributed by atoms with E-state index in [0.29, 0.717) is 5.89 Å². The van der Waals surface area contributed by atoms with Crippen molar-refractivity contribution in [2.75, 3.05) is 20.1 Å². The second kappa shape index (κ2) is 4.01. The van der Waals surface area contributed by atoms with E-state index >= 15 is 0 Å². The van der Waals surface area contributed by atoms with Crippen LogP contribution in [-0.4, -0.2) is 35.2 Å². The third-order valence-corrected chi connectivity index (χ3v) is 2.71. The summed E-state index contributed by atoms with van der Waals surface area (Å²) in [5.41, 5.74) is 1.10. The van der Waals surface area contributed by atoms with Crippen LogP contribution in [0.2, 0.25) is 0 Å². The molecule has 2 rings (SSSR count). The van der Waals surface area contributed by atoms with E-state index in [2.05, 4.69) is 48.9 Å². The molecule has 0 atom stereocenters. The number of aromatic nitrogens is 2. The van der Waals surface area contributed by atoms with Crippen molar-refractivity contribution >= 4 is 5.57 Å². The zero-order chi connectivity index (χ0) is 11.8. The lowest BCUT2D eigenvalue weighted by atomic mass is 9.96. The summed E-state index contributed by atoms with van der Waals surface area (Å²) in [6.07, 6.45) is 3.25. The van der Waals surface area contributed by atoms with Crippen LogP contribution in [-0.2, 0) is 5.41 Å². The lowest BCUT2D eigenvalue weighted by Crippen LogP contribution is -2.25. The summed E-state index contributed by atoms with van der Waals surface area (Å²) in [6, 6.07) is 0. The lowest BCUT2D eigenvalue weighted by molar-refractivity contribution is 0.353. The summed E-state index contributed by atoms with van der Waals surface area (Å²) in [7, 11) is 2.11. The van der Waals surface area contributed by atoms with E-state index in [4.69, 9.17) is 4.52 Å². The van der Waals surface area contributed by atoms with Crippen molar-refractivity contribution in [1.82, 2.24) is 15.0 Å². The lowest BCUT2D eigenvalue weighted by Gasteiger charge is -2.20. The van der Waals surface area contributed by atoms with Gasteiger partial charge in [-0.3, -0.25) is 0 Å². The van der Waals surface area contributed by atoms with Gasteiger partial charge in [0.1, 0.15) is 0 Å². The van der Waals surface area contributed by atoms with Crippen LogP contribution in [0.1, 0.15) is 38.9 Å². The van der Waals surface area contributed by atoms with Gasteiger partial charge < -0.3 is 9.42 Å². The molecular weight excluding hydrogens is 202 g/mol. The molecule has 1 aromatic heterocycles. The number of hydrogen-bond donors (Lipinski definition) is 0. The minimum atomic E-state index is -0.0527. The molecule has 16 heavy (non-hydrogen) atoms. The summed E-state index contributed by atoms with van der Waals surface area (Å²) >= 11 is 0. The third kappa shape index (κ3) is 2.32. The number of nitrogens with zero attached hydrogens (tertiary/aromatic N) is 3. The molecule has 0 spiro atoms. The topological polar surface area (TPSA) is 42.2 Å². The van der Waals surface area contributed by atoms with Crippen LogP contribution < -0.4 is 0 Å². The molecule has 1 aliphatic heterocycles. The minimum Gasteiger partial charge on any atom is -0.334 e. The van der Waals surface area contributed by atoms with Crippen molar-refractivity contribution < 1.29 is 4.52 Å². The fraction of sp³-hybridized carbons (Fsp3) is 0.667. The van der Waals surface area contributed by atoms with Crippen LogP contribution in [0.3, 0.4) is 0 Å². The van der Waals surface area contributed by atoms with Crippen LogP contribution in [0.15, 0.2) is 10.6 Å². The Morgan fingerprint density at radius 1 is 1.38 bits per heavy atom. The Morgan fingerprint density at radius 2 is 2.12 bits per heavy atom. The van der Waals surface area contributed by atoms with Gasteiger partial charge in [-0.25, -0.2) is 0 Å². The van der Waals surface area contributed by atoms with Crippen molar-refractivity contribution in [3.05, 3.63) is 17.8 Å². The third-order valence-electron chi connectivity index (χ3n) is 2.71. The second-order valence-electron chi connectivity index (χ2n) is 5.43. The molecule has 4 nitrogen and oxygen atoms in total. The van der Waals surface area contributed by atoms with Gasteiger partial charge in [0.25, 0.3) is 5.89 Å². The van der Waals surface area contributed by atoms with Gasteiger partial charge in [-0.05, 0) is 13.5 Å². The van der Waals surface area contributed by atoms with Gasteiger partial charge in [0.05, 0.1) is 0 Å². The summed E-state index contributed by atoms with van der Waals surface area (Å²) in [5, 5.41) is 4.04. The predicted molar refractivity (Wildman–Crippen MR) is 63.1 cm³/mol. The van der Waals surface area contributed by atoms with E-state index < -0.39 is 0 Å². The zero-order valence-corrected chi connectivity index (χ0v) is 10.4. The normalized spacial score (nSPS) is 18.6. The predicted octanol–water partition coefficient (Wildman–Crippen LogP) is 2.09. The largest absolute Gasteiger partial charge is 0.334 e. The van der Waals surface area contributed by atoms with Gasteiger partial charge in [0.2, 0.25) is 0 Å². The van der Waals surface area contributed by atoms with Gasteiger partial charge in [-0.2, -0.15) is 4.98 Å². The number of rotatable bonds is 1. The maximum Gasteiger partial charge on any atom is 0.254 e. The molecular formula is C12H19N3O. The molecule has 0 N–H and O–H groups in total. The molecule has 0 unspecified atom stereocenters. The van der Waals surface area contributed by atoms with Crippen LogP contribution in [0.25, 0.3) is 5.57 Å². The van der Waals surface area contributed by atoms with Gasteiger partial charge in [-0.1, -0.05) is 32.0 Å². The van der Waals surface area contributed by atoms with E-state index in [-0.39, 0.29) is 5.41 Å². The summed E-state index contributed by atoms with van der Waals surface area (Å²) in [6.45, 7) is 8.25. The Labute approximate surface area is 96.3 Å². The fourth-order valence-corrected chi connectivity index (χ4v) is 1.71. The molecule has 88 valence electrons. The van der Waals surface area contributed by atoms with Crippen LogP contribution in [0.5, 0.6) is 0 Å². The summed E-state index contributed by atoms with van der Waals surface area (Å²) < 4.78 is 5.32. The van der Waals surface area contributed by atoms with Crippen molar-refractivity contribution in [2.24, 2.45) is 0 Å². The molecule has 0 saturated heterocycles. The SMILES string of the molecule is CN1CCC=C(c2nc(C(C)(C)C)no2)C1. The Morgan fingerprint density at radius 3 is 2.69 bits per heavy atom. The minimum absolute atomic E-state index is 0.0527. The second-order valence-corrected chi connectivity index (χ2v) is 5.43. The average Bonchev–Trinajstić information content (AvgIpc) is 2.65. The molecule has 0 fully saturated rings. The van der Waals surface area contributed by atoms with Gasteiger partial charge in [0, 0.05) is 24.1 Å². The molecule has 0 radical (unpaired) electrons. The Kier molecular flexibility index (Phi) is 2.84. The summed E-state index contributed by atoms with van der Waals surface area (Å²) in [5.74, 6) is 1.45. The Hall–Kier alpha value is -1.16. The quantitative estimate of drug-likeness (QED) is 0.728. The highest BCUT2D eigenvalue weighted by atomic mass is 16.5.